The van der Waals surface area contributed by atoms with E-state index in [0.29, 0.717) is 25.1 Å². The summed E-state index contributed by atoms with van der Waals surface area (Å²) in [7, 11) is 0. The van der Waals surface area contributed by atoms with E-state index in [1.807, 2.05) is 92.7 Å². The monoisotopic (exact) mass is 645 g/mol. The van der Waals surface area contributed by atoms with Crippen LogP contribution in [0, 0.1) is 25.7 Å². The van der Waals surface area contributed by atoms with E-state index >= 15 is 0 Å². The highest BCUT2D eigenvalue weighted by Gasteiger charge is 2.77. The number of ether oxygens (including phenoxy) is 1. The Morgan fingerprint density at radius 1 is 1.02 bits per heavy atom. The highest BCUT2D eigenvalue weighted by molar-refractivity contribution is 9.09. The number of halogens is 1. The molecule has 6 rings (SSSR count). The average Bonchev–Trinajstić information content (AvgIpc) is 3.60. The highest BCUT2D eigenvalue weighted by Crippen LogP contribution is 2.60. The molecule has 3 aromatic carbocycles. The molecule has 1 spiro atoms. The summed E-state index contributed by atoms with van der Waals surface area (Å²) in [5, 5.41) is 16.7. The lowest BCUT2D eigenvalue weighted by molar-refractivity contribution is -0.144. The first-order chi connectivity index (χ1) is 20.7. The molecule has 0 aliphatic carbocycles. The fourth-order valence-corrected chi connectivity index (χ4v) is 8.11. The van der Waals surface area contributed by atoms with Crippen LogP contribution in [0.1, 0.15) is 28.7 Å². The molecule has 3 heterocycles. The molecule has 2 bridgehead atoms. The SMILES string of the molecule is Cc1ccc(C)c(NC(=O)C2N([C@@H](CO)Cc3ccccc3)C(=O)[C@@H]3[C@H](C(=O)NCc4ccccc4)[C@H]4OC23CC4Br)c1. The Bertz CT molecular complexity index is 1520. The van der Waals surface area contributed by atoms with Crippen LogP contribution in [0.15, 0.2) is 78.9 Å². The van der Waals surface area contributed by atoms with E-state index in [2.05, 4.69) is 26.6 Å². The number of carbonyl (C=O) groups excluding carboxylic acids is 3. The van der Waals surface area contributed by atoms with Crippen LogP contribution < -0.4 is 10.6 Å². The fraction of sp³-hybridized carbons (Fsp3) is 0.382. The molecule has 0 aromatic heterocycles. The number of amides is 3. The average molecular weight is 647 g/mol. The first-order valence-corrected chi connectivity index (χ1v) is 15.6. The first-order valence-electron chi connectivity index (χ1n) is 14.7. The molecule has 43 heavy (non-hydrogen) atoms. The van der Waals surface area contributed by atoms with Gasteiger partial charge in [0.15, 0.2) is 0 Å². The number of rotatable bonds is 9. The number of benzene rings is 3. The maximum absolute atomic E-state index is 14.5. The number of aryl methyl sites for hydroxylation is 2. The summed E-state index contributed by atoms with van der Waals surface area (Å²) in [5.41, 5.74) is 3.18. The van der Waals surface area contributed by atoms with Crippen molar-refractivity contribution in [3.05, 3.63) is 101 Å². The molecule has 3 aromatic rings. The Kier molecular flexibility index (Phi) is 8.15. The van der Waals surface area contributed by atoms with Gasteiger partial charge in [0.05, 0.1) is 30.6 Å². The molecule has 7 atom stereocenters. The van der Waals surface area contributed by atoms with Crippen LogP contribution in [0.4, 0.5) is 5.69 Å². The second-order valence-corrected chi connectivity index (χ2v) is 13.1. The van der Waals surface area contributed by atoms with Crippen LogP contribution >= 0.6 is 15.9 Å². The summed E-state index contributed by atoms with van der Waals surface area (Å²) < 4.78 is 6.64. The van der Waals surface area contributed by atoms with Crippen molar-refractivity contribution in [2.75, 3.05) is 11.9 Å². The standard InChI is InChI=1S/C34H36BrN3O5/c1-20-13-14-21(2)26(15-20)37-32(41)30-34-17-25(35)29(43-34)27(31(40)36-18-23-11-7-4-8-12-23)28(34)33(42)38(30)24(19-39)16-22-9-5-3-6-10-22/h3-15,24-25,27-30,39H,16-19H2,1-2H3,(H,36,40)(H,37,41)/t24-,25?,27+,28+,29+,30?,34?/m1/s1. The summed E-state index contributed by atoms with van der Waals surface area (Å²) in [6.45, 7) is 3.84. The first kappa shape index (κ1) is 29.5. The molecule has 3 fully saturated rings. The summed E-state index contributed by atoms with van der Waals surface area (Å²) in [6.07, 6.45) is 0.177. The maximum atomic E-state index is 14.5. The Labute approximate surface area is 259 Å². The van der Waals surface area contributed by atoms with Crippen molar-refractivity contribution in [1.82, 2.24) is 10.2 Å². The summed E-state index contributed by atoms with van der Waals surface area (Å²) >= 11 is 3.73. The predicted octanol–water partition coefficient (Wildman–Crippen LogP) is 3.91. The number of hydrogen-bond acceptors (Lipinski definition) is 5. The number of fused-ring (bicyclic) bond motifs is 1. The highest BCUT2D eigenvalue weighted by atomic mass is 79.9. The van der Waals surface area contributed by atoms with Gasteiger partial charge in [0.25, 0.3) is 0 Å². The Morgan fingerprint density at radius 2 is 1.70 bits per heavy atom. The molecule has 3 N–H and O–H groups in total. The van der Waals surface area contributed by atoms with E-state index in [9.17, 15) is 19.5 Å². The van der Waals surface area contributed by atoms with Gasteiger partial charge in [-0.3, -0.25) is 14.4 Å². The van der Waals surface area contributed by atoms with Crippen molar-refractivity contribution in [3.8, 4) is 0 Å². The quantitative estimate of drug-likeness (QED) is 0.306. The molecule has 3 amide bonds. The Balaban J connectivity index is 1.37. The van der Waals surface area contributed by atoms with Crippen LogP contribution in [0.3, 0.4) is 0 Å². The predicted molar refractivity (Wildman–Crippen MR) is 166 cm³/mol. The summed E-state index contributed by atoms with van der Waals surface area (Å²) in [4.78, 5) is 43.9. The van der Waals surface area contributed by atoms with Crippen molar-refractivity contribution >= 4 is 39.3 Å². The van der Waals surface area contributed by atoms with E-state index in [-0.39, 0.29) is 29.2 Å². The number of hydrogen-bond donors (Lipinski definition) is 3. The zero-order valence-electron chi connectivity index (χ0n) is 24.2. The Morgan fingerprint density at radius 3 is 2.37 bits per heavy atom. The fourth-order valence-electron chi connectivity index (χ4n) is 7.17. The van der Waals surface area contributed by atoms with Gasteiger partial charge in [-0.2, -0.15) is 0 Å². The van der Waals surface area contributed by atoms with Crippen LogP contribution in [-0.2, 0) is 32.1 Å². The smallest absolute Gasteiger partial charge is 0.250 e. The lowest BCUT2D eigenvalue weighted by Crippen LogP contribution is -2.57. The minimum atomic E-state index is -1.23. The molecule has 0 radical (unpaired) electrons. The third-order valence-corrected chi connectivity index (χ3v) is 10.0. The second-order valence-electron chi connectivity index (χ2n) is 11.9. The minimum Gasteiger partial charge on any atom is -0.394 e. The number of nitrogens with one attached hydrogen (secondary N) is 2. The normalized spacial score (nSPS) is 28.0. The number of anilines is 1. The number of alkyl halides is 1. The molecule has 0 saturated carbocycles. The van der Waals surface area contributed by atoms with E-state index in [4.69, 9.17) is 4.74 Å². The van der Waals surface area contributed by atoms with Crippen molar-refractivity contribution in [2.45, 2.75) is 61.8 Å². The van der Waals surface area contributed by atoms with Crippen molar-refractivity contribution in [3.63, 3.8) is 0 Å². The van der Waals surface area contributed by atoms with Crippen LogP contribution in [-0.4, -0.2) is 63.0 Å². The summed E-state index contributed by atoms with van der Waals surface area (Å²) in [5.74, 6) is -2.65. The van der Waals surface area contributed by atoms with E-state index < -0.39 is 35.6 Å². The van der Waals surface area contributed by atoms with Gasteiger partial charge in [-0.25, -0.2) is 0 Å². The molecular formula is C34H36BrN3O5. The van der Waals surface area contributed by atoms with Gasteiger partial charge >= 0.3 is 0 Å². The molecule has 3 aliphatic rings. The number of aliphatic hydroxyl groups excluding tert-OH is 1. The summed E-state index contributed by atoms with van der Waals surface area (Å²) in [6, 6.07) is 23.3. The van der Waals surface area contributed by atoms with Gasteiger partial charge < -0.3 is 25.4 Å². The number of carbonyl (C=O) groups is 3. The molecule has 8 nitrogen and oxygen atoms in total. The number of likely N-dealkylation sites (tertiary alicyclic amines) is 1. The molecule has 3 unspecified atom stereocenters. The third-order valence-electron chi connectivity index (χ3n) is 9.16. The van der Waals surface area contributed by atoms with Gasteiger partial charge in [-0.1, -0.05) is 88.7 Å². The van der Waals surface area contributed by atoms with Gasteiger partial charge in [0, 0.05) is 17.1 Å². The minimum absolute atomic E-state index is 0.221. The van der Waals surface area contributed by atoms with Crippen LogP contribution in [0.25, 0.3) is 0 Å². The van der Waals surface area contributed by atoms with E-state index in [0.717, 1.165) is 22.3 Å². The number of nitrogens with zero attached hydrogens (tertiary/aromatic N) is 1. The van der Waals surface area contributed by atoms with Gasteiger partial charge in [0.1, 0.15) is 11.6 Å². The molecular weight excluding hydrogens is 610 g/mol. The lowest BCUT2D eigenvalue weighted by Gasteiger charge is -2.37. The zero-order valence-corrected chi connectivity index (χ0v) is 25.8. The second kappa shape index (κ2) is 11.9. The van der Waals surface area contributed by atoms with Gasteiger partial charge in [0.2, 0.25) is 17.7 Å². The van der Waals surface area contributed by atoms with Gasteiger partial charge in [-0.15, -0.1) is 0 Å². The van der Waals surface area contributed by atoms with Crippen molar-refractivity contribution in [1.29, 1.82) is 0 Å². The van der Waals surface area contributed by atoms with E-state index in [1.165, 1.54) is 4.90 Å². The van der Waals surface area contributed by atoms with Gasteiger partial charge in [-0.05, 0) is 55.0 Å². The number of aliphatic hydroxyl groups is 1. The van der Waals surface area contributed by atoms with Crippen molar-refractivity contribution in [2.24, 2.45) is 11.8 Å². The molecule has 224 valence electrons. The lowest BCUT2D eigenvalue weighted by atomic mass is 9.70. The molecule has 9 heteroatoms. The Hall–Kier alpha value is -3.53. The largest absolute Gasteiger partial charge is 0.394 e. The topological polar surface area (TPSA) is 108 Å². The van der Waals surface area contributed by atoms with Crippen LogP contribution in [0.5, 0.6) is 0 Å². The third kappa shape index (κ3) is 5.28. The van der Waals surface area contributed by atoms with E-state index in [1.54, 1.807) is 0 Å². The zero-order chi connectivity index (χ0) is 30.3. The van der Waals surface area contributed by atoms with Crippen molar-refractivity contribution < 1.29 is 24.2 Å². The molecule has 3 saturated heterocycles. The maximum Gasteiger partial charge on any atom is 0.250 e. The molecule has 3 aliphatic heterocycles. The van der Waals surface area contributed by atoms with Crippen LogP contribution in [0.2, 0.25) is 0 Å².